The van der Waals surface area contributed by atoms with Crippen molar-refractivity contribution in [1.82, 2.24) is 29.9 Å². The number of halogens is 9. The Morgan fingerprint density at radius 1 is 1.19 bits per heavy atom. The Bertz CT molecular complexity index is 1340. The molecule has 0 bridgehead atoms. The van der Waals surface area contributed by atoms with Crippen LogP contribution in [0.4, 0.5) is 35.1 Å². The molecule has 0 radical (unpaired) electrons. The van der Waals surface area contributed by atoms with Crippen LogP contribution in [0.2, 0.25) is 0 Å². The highest BCUT2D eigenvalue weighted by molar-refractivity contribution is 6.24. The van der Waals surface area contributed by atoms with E-state index < -0.39 is 63.8 Å². The van der Waals surface area contributed by atoms with Crippen LogP contribution in [0.1, 0.15) is 24.1 Å². The number of alkyl halides is 9. The van der Waals surface area contributed by atoms with Crippen molar-refractivity contribution in [3.8, 4) is 17.6 Å². The third kappa shape index (κ3) is 4.67. The third-order valence-electron chi connectivity index (χ3n) is 5.73. The lowest BCUT2D eigenvalue weighted by Crippen LogP contribution is -2.42. The van der Waals surface area contributed by atoms with Crippen molar-refractivity contribution >= 4 is 23.2 Å². The zero-order chi connectivity index (χ0) is 27.6. The van der Waals surface area contributed by atoms with Crippen molar-refractivity contribution < 1.29 is 39.9 Å². The molecule has 2 heterocycles. The van der Waals surface area contributed by atoms with Gasteiger partial charge in [0, 0.05) is 7.05 Å². The quantitative estimate of drug-likeness (QED) is 0.441. The van der Waals surface area contributed by atoms with Crippen molar-refractivity contribution in [3.05, 3.63) is 35.8 Å². The van der Waals surface area contributed by atoms with Crippen molar-refractivity contribution in [2.24, 2.45) is 13.0 Å². The molecule has 2 atom stereocenters. The van der Waals surface area contributed by atoms with E-state index in [9.17, 15) is 39.9 Å². The predicted molar refractivity (Wildman–Crippen MR) is 109 cm³/mol. The van der Waals surface area contributed by atoms with E-state index in [0.29, 0.717) is 12.8 Å². The van der Waals surface area contributed by atoms with Gasteiger partial charge < -0.3 is 5.32 Å². The monoisotopic (exact) mass is 555 g/mol. The van der Waals surface area contributed by atoms with E-state index in [0.717, 1.165) is 18.1 Å². The van der Waals surface area contributed by atoms with Crippen LogP contribution in [0, 0.1) is 17.2 Å². The lowest BCUT2D eigenvalue weighted by molar-refractivity contribution is -0.292. The summed E-state index contributed by atoms with van der Waals surface area (Å²) in [5, 5.41) is 17.5. The number of nitriles is 1. The fourth-order valence-electron chi connectivity index (χ4n) is 3.62. The highest BCUT2D eigenvalue weighted by Gasteiger charge is 2.64. The second kappa shape index (κ2) is 8.54. The van der Waals surface area contributed by atoms with E-state index in [-0.39, 0.29) is 10.4 Å². The minimum atomic E-state index is -6.35. The molecule has 2 aromatic heterocycles. The second-order valence-corrected chi connectivity index (χ2v) is 8.89. The van der Waals surface area contributed by atoms with Crippen molar-refractivity contribution in [1.29, 1.82) is 5.26 Å². The summed E-state index contributed by atoms with van der Waals surface area (Å²) < 4.78 is 109. The number of carbonyl (C=O) groups is 1. The first kappa shape index (κ1) is 26.6. The van der Waals surface area contributed by atoms with E-state index in [1.807, 2.05) is 6.07 Å². The second-order valence-electron chi connectivity index (χ2n) is 8.38. The molecule has 17 heteroatoms. The first-order chi connectivity index (χ1) is 17.0. The molecular weight excluding hydrogens is 542 g/mol. The minimum absolute atomic E-state index is 0.0918. The topological polar surface area (TPSA) is 101 Å². The van der Waals surface area contributed by atoms with Crippen LogP contribution in [0.3, 0.4) is 0 Å². The number of aromatic nitrogens is 5. The van der Waals surface area contributed by atoms with Crippen molar-refractivity contribution in [3.63, 3.8) is 0 Å². The molecule has 1 amide bonds. The summed E-state index contributed by atoms with van der Waals surface area (Å²) in [5.74, 6) is -8.37. The van der Waals surface area contributed by atoms with Crippen LogP contribution in [-0.2, 0) is 23.9 Å². The zero-order valence-electron chi connectivity index (χ0n) is 18.4. The van der Waals surface area contributed by atoms with Gasteiger partial charge in [0.15, 0.2) is 11.5 Å². The Kier molecular flexibility index (Phi) is 6.13. The van der Waals surface area contributed by atoms with Crippen LogP contribution in [0.25, 0.3) is 17.2 Å². The van der Waals surface area contributed by atoms with Crippen LogP contribution < -0.4 is 5.32 Å². The molecule has 8 nitrogen and oxygen atoms in total. The highest BCUT2D eigenvalue weighted by atomic mass is 35.5. The Labute approximate surface area is 207 Å². The summed E-state index contributed by atoms with van der Waals surface area (Å²) in [6.45, 7) is 0. The van der Waals surface area contributed by atoms with Gasteiger partial charge in [0.05, 0.1) is 23.1 Å². The van der Waals surface area contributed by atoms with Crippen LogP contribution >= 0.6 is 11.6 Å². The maximum atomic E-state index is 13.9. The average Bonchev–Trinajstić information content (AvgIpc) is 3.21. The van der Waals surface area contributed by atoms with Gasteiger partial charge in [0.1, 0.15) is 23.1 Å². The van der Waals surface area contributed by atoms with Gasteiger partial charge in [-0.25, -0.2) is 9.67 Å². The van der Waals surface area contributed by atoms with Gasteiger partial charge in [0.25, 0.3) is 0 Å². The minimum Gasteiger partial charge on any atom is -0.337 e. The Morgan fingerprint density at radius 3 is 2.38 bits per heavy atom. The number of hydrogen-bond acceptors (Lipinski definition) is 5. The Morgan fingerprint density at radius 2 is 1.84 bits per heavy atom. The molecule has 2 unspecified atom stereocenters. The van der Waals surface area contributed by atoms with Gasteiger partial charge in [-0.1, -0.05) is 6.08 Å². The van der Waals surface area contributed by atoms with Gasteiger partial charge >= 0.3 is 18.3 Å². The summed E-state index contributed by atoms with van der Waals surface area (Å²) in [7, 11) is 0.738. The number of carbonyl (C=O) groups excluding carboxylic acids is 1. The summed E-state index contributed by atoms with van der Waals surface area (Å²) in [6.07, 6.45) is -6.20. The molecule has 2 aromatic rings. The predicted octanol–water partition coefficient (Wildman–Crippen LogP) is 4.16. The van der Waals surface area contributed by atoms with E-state index >= 15 is 0 Å². The fourth-order valence-corrected chi connectivity index (χ4v) is 3.88. The maximum Gasteiger partial charge on any atom is 0.459 e. The summed E-state index contributed by atoms with van der Waals surface area (Å²) in [6, 6.07) is 1.98. The standard InChI is InChI=1S/C20H14ClF8N7O/c1-35-13(12(19(24,25)26)14(33-35)18(22,23)20(27,28)29)15-31-8-36(34-15)9-2-3-11(21)10(6-9)16(37)32-17(7-30)4-5-17/h2-3,6,8,10-11H,4-5H2,1H3,(H,32,37). The molecule has 2 aliphatic carbocycles. The highest BCUT2D eigenvalue weighted by Crippen LogP contribution is 2.50. The molecule has 2 aliphatic rings. The Hall–Kier alpha value is -3.48. The number of rotatable bonds is 5. The number of hydrogen-bond donors (Lipinski definition) is 1. The smallest absolute Gasteiger partial charge is 0.337 e. The van der Waals surface area contributed by atoms with Crippen LogP contribution in [-0.4, -0.2) is 47.5 Å². The first-order valence-corrected chi connectivity index (χ1v) is 10.7. The van der Waals surface area contributed by atoms with E-state index in [1.54, 1.807) is 0 Å². The van der Waals surface area contributed by atoms with Crippen LogP contribution in [0.5, 0.6) is 0 Å². The molecule has 1 N–H and O–H groups in total. The van der Waals surface area contributed by atoms with Gasteiger partial charge in [-0.3, -0.25) is 9.48 Å². The molecule has 0 spiro atoms. The molecule has 1 saturated carbocycles. The number of amides is 1. The largest absolute Gasteiger partial charge is 0.459 e. The molecule has 0 aliphatic heterocycles. The molecule has 1 fully saturated rings. The molecular formula is C20H14ClF8N7O. The van der Waals surface area contributed by atoms with Gasteiger partial charge in [0.2, 0.25) is 5.91 Å². The molecule has 0 saturated heterocycles. The summed E-state index contributed by atoms with van der Waals surface area (Å²) in [4.78, 5) is 16.3. The van der Waals surface area contributed by atoms with E-state index in [4.69, 9.17) is 16.9 Å². The Balaban J connectivity index is 1.73. The molecule has 0 aromatic carbocycles. The summed E-state index contributed by atoms with van der Waals surface area (Å²) >= 11 is 6.18. The fraction of sp³-hybridized carbons (Fsp3) is 0.450. The number of nitrogens with zero attached hydrogens (tertiary/aromatic N) is 6. The van der Waals surface area contributed by atoms with Crippen molar-refractivity contribution in [2.75, 3.05) is 0 Å². The number of aryl methyl sites for hydroxylation is 1. The zero-order valence-corrected chi connectivity index (χ0v) is 19.1. The number of nitrogens with one attached hydrogen (secondary N) is 1. The molecule has 198 valence electrons. The van der Waals surface area contributed by atoms with Gasteiger partial charge in [-0.15, -0.1) is 16.7 Å². The van der Waals surface area contributed by atoms with Gasteiger partial charge in [-0.05, 0) is 25.0 Å². The third-order valence-corrected chi connectivity index (χ3v) is 6.14. The average molecular weight is 556 g/mol. The lowest BCUT2D eigenvalue weighted by Gasteiger charge is -2.22. The van der Waals surface area contributed by atoms with Gasteiger partial charge in [-0.2, -0.15) is 45.5 Å². The van der Waals surface area contributed by atoms with Crippen molar-refractivity contribution in [2.45, 2.75) is 42.0 Å². The first-order valence-electron chi connectivity index (χ1n) is 10.3. The summed E-state index contributed by atoms with van der Waals surface area (Å²) in [5.41, 5.74) is -7.00. The molecule has 37 heavy (non-hydrogen) atoms. The van der Waals surface area contributed by atoms with E-state index in [1.165, 1.54) is 18.2 Å². The SMILES string of the molecule is Cn1nc(C(F)(F)C(F)(F)F)c(C(F)(F)F)c1-c1ncn(C2=CC(C(=O)NC3(C#N)CC3)C(Cl)C=C2)n1. The normalized spacial score (nSPS) is 21.4. The lowest BCUT2D eigenvalue weighted by atomic mass is 9.97. The molecule has 4 rings (SSSR count). The van der Waals surface area contributed by atoms with Crippen LogP contribution in [0.15, 0.2) is 24.6 Å². The number of allylic oxidation sites excluding steroid dienone is 3. The maximum absolute atomic E-state index is 13.9. The van der Waals surface area contributed by atoms with E-state index in [2.05, 4.69) is 20.5 Å².